The van der Waals surface area contributed by atoms with Gasteiger partial charge in [-0.2, -0.15) is 13.2 Å². The normalized spacial score (nSPS) is 15.1. The molecule has 46 heavy (non-hydrogen) atoms. The van der Waals surface area contributed by atoms with Crippen LogP contribution < -0.4 is 15.4 Å². The van der Waals surface area contributed by atoms with E-state index in [1.54, 1.807) is 32.9 Å². The maximum absolute atomic E-state index is 13.7. The molecule has 3 amide bonds. The number of nitrogens with zero attached hydrogens (tertiary/aromatic N) is 4. The number of ether oxygens (including phenoxy) is 2. The standard InChI is InChI=1S/C31H31F3N6O5S/c1-17(41)37-28-39-27-23(8-5-9-24(27)46-28)44-26-15-21(35-16-36-26)20-11-10-18(31(32,33)34)13-22(20)38-25(42)14-19-7-6-12-40(19)29(43)45-30(2,3)4/h5,8-11,13,15-16,19H,6-7,12,14H2,1-4H3,(H,38,42)(H,37,39,41). The number of carbonyl (C=O) groups is 3. The van der Waals surface area contributed by atoms with Gasteiger partial charge in [0, 0.05) is 37.6 Å². The van der Waals surface area contributed by atoms with Crippen molar-refractivity contribution in [3.63, 3.8) is 0 Å². The number of carbonyl (C=O) groups excluding carboxylic acids is 3. The Morgan fingerprint density at radius 2 is 1.85 bits per heavy atom. The number of benzene rings is 2. The Morgan fingerprint density at radius 3 is 2.57 bits per heavy atom. The zero-order valence-electron chi connectivity index (χ0n) is 25.4. The van der Waals surface area contributed by atoms with Crippen molar-refractivity contribution < 1.29 is 37.0 Å². The third-order valence-corrected chi connectivity index (χ3v) is 7.78. The lowest BCUT2D eigenvalue weighted by atomic mass is 10.0. The number of hydrogen-bond acceptors (Lipinski definition) is 9. The summed E-state index contributed by atoms with van der Waals surface area (Å²) >= 11 is 1.26. The van der Waals surface area contributed by atoms with E-state index in [-0.39, 0.29) is 35.2 Å². The van der Waals surface area contributed by atoms with E-state index in [9.17, 15) is 27.6 Å². The Morgan fingerprint density at radius 1 is 1.07 bits per heavy atom. The SMILES string of the molecule is CC(=O)Nc1nc2c(Oc3cc(-c4ccc(C(F)(F)F)cc4NC(=O)CC4CCCN4C(=O)OC(C)(C)C)ncn3)cccc2s1. The molecular weight excluding hydrogens is 625 g/mol. The quantitative estimate of drug-likeness (QED) is 0.212. The molecule has 0 bridgehead atoms. The molecule has 1 saturated heterocycles. The minimum atomic E-state index is -4.67. The van der Waals surface area contributed by atoms with Gasteiger partial charge in [-0.05, 0) is 57.9 Å². The van der Waals surface area contributed by atoms with Gasteiger partial charge in [-0.15, -0.1) is 0 Å². The highest BCUT2D eigenvalue weighted by Crippen LogP contribution is 2.38. The molecule has 2 aromatic carbocycles. The minimum absolute atomic E-state index is 0.0720. The van der Waals surface area contributed by atoms with E-state index in [1.165, 1.54) is 41.6 Å². The summed E-state index contributed by atoms with van der Waals surface area (Å²) in [6.07, 6.45) is -2.94. The summed E-state index contributed by atoms with van der Waals surface area (Å²) in [5.74, 6) is -0.438. The van der Waals surface area contributed by atoms with Gasteiger partial charge in [0.15, 0.2) is 10.9 Å². The molecule has 0 aliphatic carbocycles. The lowest BCUT2D eigenvalue weighted by molar-refractivity contribution is -0.137. The van der Waals surface area contributed by atoms with Crippen molar-refractivity contribution in [2.45, 2.75) is 64.8 Å². The number of halogens is 3. The van der Waals surface area contributed by atoms with Crippen LogP contribution in [0.2, 0.25) is 0 Å². The van der Waals surface area contributed by atoms with Gasteiger partial charge in [0.25, 0.3) is 0 Å². The monoisotopic (exact) mass is 656 g/mol. The molecule has 5 rings (SSSR count). The first-order valence-electron chi connectivity index (χ1n) is 14.3. The summed E-state index contributed by atoms with van der Waals surface area (Å²) in [6.45, 7) is 7.01. The molecule has 1 fully saturated rings. The van der Waals surface area contributed by atoms with E-state index in [0.717, 1.165) is 16.8 Å². The number of anilines is 2. The number of para-hydroxylation sites is 1. The molecule has 1 atom stereocenters. The predicted octanol–water partition coefficient (Wildman–Crippen LogP) is 7.25. The summed E-state index contributed by atoms with van der Waals surface area (Å²) in [4.78, 5) is 51.6. The highest BCUT2D eigenvalue weighted by atomic mass is 32.1. The number of fused-ring (bicyclic) bond motifs is 1. The number of hydrogen-bond donors (Lipinski definition) is 2. The largest absolute Gasteiger partial charge is 0.444 e. The van der Waals surface area contributed by atoms with Crippen molar-refractivity contribution in [3.05, 3.63) is 54.4 Å². The molecule has 4 aromatic rings. The van der Waals surface area contributed by atoms with Gasteiger partial charge in [-0.25, -0.2) is 19.7 Å². The first-order chi connectivity index (χ1) is 21.7. The van der Waals surface area contributed by atoms with Gasteiger partial charge >= 0.3 is 12.3 Å². The van der Waals surface area contributed by atoms with Crippen LogP contribution in [0.1, 0.15) is 52.5 Å². The van der Waals surface area contributed by atoms with Crippen molar-refractivity contribution in [2.24, 2.45) is 0 Å². The number of nitrogens with one attached hydrogen (secondary N) is 2. The van der Waals surface area contributed by atoms with Crippen LogP contribution in [0.5, 0.6) is 11.6 Å². The predicted molar refractivity (Wildman–Crippen MR) is 166 cm³/mol. The Labute approximate surface area is 266 Å². The van der Waals surface area contributed by atoms with E-state index in [1.807, 2.05) is 6.07 Å². The number of likely N-dealkylation sites (tertiary alicyclic amines) is 1. The molecule has 3 heterocycles. The number of rotatable bonds is 7. The number of thiazole rings is 1. The summed E-state index contributed by atoms with van der Waals surface area (Å²) in [6, 6.07) is 9.13. The fourth-order valence-corrected chi connectivity index (χ4v) is 5.87. The molecule has 0 saturated carbocycles. The Bertz CT molecular complexity index is 1790. The number of alkyl halides is 3. The van der Waals surface area contributed by atoms with Gasteiger partial charge in [0.2, 0.25) is 17.7 Å². The lowest BCUT2D eigenvalue weighted by Crippen LogP contribution is -2.41. The zero-order valence-corrected chi connectivity index (χ0v) is 26.2. The van der Waals surface area contributed by atoms with E-state index < -0.39 is 35.4 Å². The van der Waals surface area contributed by atoms with E-state index in [2.05, 4.69) is 25.6 Å². The molecule has 0 spiro atoms. The highest BCUT2D eigenvalue weighted by molar-refractivity contribution is 7.22. The van der Waals surface area contributed by atoms with Gasteiger partial charge in [-0.1, -0.05) is 23.5 Å². The second kappa shape index (κ2) is 12.9. The van der Waals surface area contributed by atoms with E-state index in [4.69, 9.17) is 9.47 Å². The molecule has 1 aliphatic heterocycles. The van der Waals surface area contributed by atoms with Crippen molar-refractivity contribution in [1.82, 2.24) is 19.9 Å². The number of aromatic nitrogens is 3. The van der Waals surface area contributed by atoms with Crippen molar-refractivity contribution in [3.8, 4) is 22.9 Å². The molecule has 2 N–H and O–H groups in total. The summed E-state index contributed by atoms with van der Waals surface area (Å²) in [7, 11) is 0. The van der Waals surface area contributed by atoms with Crippen LogP contribution in [0.25, 0.3) is 21.5 Å². The van der Waals surface area contributed by atoms with Crippen molar-refractivity contribution in [1.29, 1.82) is 0 Å². The lowest BCUT2D eigenvalue weighted by Gasteiger charge is -2.28. The van der Waals surface area contributed by atoms with Crippen LogP contribution in [-0.4, -0.2) is 55.9 Å². The summed E-state index contributed by atoms with van der Waals surface area (Å²) in [5.41, 5.74) is -0.932. The topological polar surface area (TPSA) is 136 Å². The third kappa shape index (κ3) is 7.88. The first kappa shape index (κ1) is 32.6. The van der Waals surface area contributed by atoms with Gasteiger partial charge in [0.1, 0.15) is 17.4 Å². The van der Waals surface area contributed by atoms with Crippen LogP contribution in [0, 0.1) is 0 Å². The molecule has 15 heteroatoms. The molecule has 11 nitrogen and oxygen atoms in total. The van der Waals surface area contributed by atoms with Crippen LogP contribution >= 0.6 is 11.3 Å². The second-order valence-electron chi connectivity index (χ2n) is 11.6. The van der Waals surface area contributed by atoms with Gasteiger partial charge < -0.3 is 25.0 Å². The maximum atomic E-state index is 13.7. The van der Waals surface area contributed by atoms with E-state index >= 15 is 0 Å². The second-order valence-corrected chi connectivity index (χ2v) is 12.7. The minimum Gasteiger partial charge on any atom is -0.444 e. The summed E-state index contributed by atoms with van der Waals surface area (Å²) in [5, 5.41) is 5.63. The molecule has 2 aromatic heterocycles. The van der Waals surface area contributed by atoms with Crippen molar-refractivity contribution >= 4 is 50.3 Å². The highest BCUT2D eigenvalue weighted by Gasteiger charge is 2.34. The third-order valence-electron chi connectivity index (χ3n) is 6.84. The molecule has 1 aliphatic rings. The van der Waals surface area contributed by atoms with Crippen LogP contribution in [0.3, 0.4) is 0 Å². The molecule has 1 unspecified atom stereocenters. The van der Waals surface area contributed by atoms with Crippen LogP contribution in [-0.2, 0) is 20.5 Å². The smallest absolute Gasteiger partial charge is 0.416 e. The number of amides is 3. The Kier molecular flexibility index (Phi) is 9.15. The van der Waals surface area contributed by atoms with Gasteiger partial charge in [0.05, 0.1) is 21.6 Å². The zero-order chi connectivity index (χ0) is 33.2. The van der Waals surface area contributed by atoms with Gasteiger partial charge in [-0.3, -0.25) is 9.59 Å². The fourth-order valence-electron chi connectivity index (χ4n) is 4.94. The first-order valence-corrected chi connectivity index (χ1v) is 15.2. The molecule has 0 radical (unpaired) electrons. The van der Waals surface area contributed by atoms with Crippen LogP contribution in [0.15, 0.2) is 48.8 Å². The van der Waals surface area contributed by atoms with E-state index in [0.29, 0.717) is 35.8 Å². The molecular formula is C31H31F3N6O5S. The molecule has 242 valence electrons. The fraction of sp³-hybridized carbons (Fsp3) is 0.355. The average molecular weight is 657 g/mol. The van der Waals surface area contributed by atoms with Crippen LogP contribution in [0.4, 0.5) is 28.8 Å². The van der Waals surface area contributed by atoms with Crippen molar-refractivity contribution in [2.75, 3.05) is 17.2 Å². The average Bonchev–Trinajstić information content (AvgIpc) is 3.58. The summed E-state index contributed by atoms with van der Waals surface area (Å²) < 4.78 is 53.3. The maximum Gasteiger partial charge on any atom is 0.416 e. The Hall–Kier alpha value is -4.79. The Balaban J connectivity index is 1.40.